The summed E-state index contributed by atoms with van der Waals surface area (Å²) >= 11 is 1.95. The average molecular weight is 458 g/mol. The molecular formula is C30H23N3S. The zero-order valence-electron chi connectivity index (χ0n) is 18.6. The summed E-state index contributed by atoms with van der Waals surface area (Å²) in [6.45, 7) is 0. The third-order valence-corrected chi connectivity index (χ3v) is 8.00. The van der Waals surface area contributed by atoms with Gasteiger partial charge in [0, 0.05) is 34.5 Å². The number of hydrogen-bond acceptors (Lipinski definition) is 4. The third-order valence-electron chi connectivity index (χ3n) is 6.69. The summed E-state index contributed by atoms with van der Waals surface area (Å²) in [6, 6.07) is 21.9. The van der Waals surface area contributed by atoms with Crippen molar-refractivity contribution in [3.8, 4) is 6.07 Å². The summed E-state index contributed by atoms with van der Waals surface area (Å²) in [7, 11) is 0. The number of anilines is 2. The van der Waals surface area contributed by atoms with Gasteiger partial charge in [-0.3, -0.25) is 4.98 Å². The Hall–Kier alpha value is -3.81. The van der Waals surface area contributed by atoms with E-state index in [1.807, 2.05) is 11.8 Å². The van der Waals surface area contributed by atoms with Crippen LogP contribution in [-0.4, -0.2) is 16.3 Å². The number of nitrogens with zero attached hydrogens (tertiary/aromatic N) is 3. The number of aromatic nitrogens is 1. The van der Waals surface area contributed by atoms with E-state index >= 15 is 0 Å². The van der Waals surface area contributed by atoms with Crippen LogP contribution in [0.2, 0.25) is 0 Å². The van der Waals surface area contributed by atoms with E-state index in [-0.39, 0.29) is 12.0 Å². The number of fused-ring (bicyclic) bond motifs is 2. The minimum absolute atomic E-state index is 0.269. The fraction of sp³-hybridized carbons (Fsp3) is 0.133. The molecule has 34 heavy (non-hydrogen) atoms. The standard InChI is InChI=1S/C30H23N3S/c31-19-23-17-18-32-20-25(23)22-15-13-21(14-16-22)24-7-1-2-8-26(24)33-27-9-3-5-11-29(27)34-30-12-6-4-10-28(30)33/h1-13,15-18,20-21,27,29H,14H2. The van der Waals surface area contributed by atoms with Crippen LogP contribution in [-0.2, 0) is 0 Å². The van der Waals surface area contributed by atoms with E-state index in [4.69, 9.17) is 0 Å². The molecule has 0 radical (unpaired) electrons. The van der Waals surface area contributed by atoms with Crippen LogP contribution in [0.4, 0.5) is 11.4 Å². The summed E-state index contributed by atoms with van der Waals surface area (Å²) in [5, 5.41) is 9.87. The van der Waals surface area contributed by atoms with E-state index in [9.17, 15) is 5.26 Å². The van der Waals surface area contributed by atoms with E-state index in [2.05, 4.69) is 107 Å². The van der Waals surface area contributed by atoms with Crippen LogP contribution in [0.15, 0.2) is 114 Å². The molecule has 4 heteroatoms. The molecule has 6 rings (SSSR count). The first-order valence-electron chi connectivity index (χ1n) is 11.5. The first-order valence-corrected chi connectivity index (χ1v) is 12.4. The molecule has 1 aromatic heterocycles. The van der Waals surface area contributed by atoms with Crippen molar-refractivity contribution in [3.63, 3.8) is 0 Å². The SMILES string of the molecule is N#Cc1ccncc1C1=CCC(c2ccccc2N2c3ccccc3SC3C=CC=CC32)C=C1. The highest BCUT2D eigenvalue weighted by Gasteiger charge is 2.35. The van der Waals surface area contributed by atoms with Gasteiger partial charge in [-0.2, -0.15) is 5.26 Å². The highest BCUT2D eigenvalue weighted by molar-refractivity contribution is 8.00. The average Bonchev–Trinajstić information content (AvgIpc) is 2.92. The van der Waals surface area contributed by atoms with Gasteiger partial charge in [0.2, 0.25) is 0 Å². The molecule has 3 nitrogen and oxygen atoms in total. The molecule has 3 aromatic rings. The molecule has 2 aromatic carbocycles. The maximum atomic E-state index is 9.49. The van der Waals surface area contributed by atoms with Crippen LogP contribution in [0.3, 0.4) is 0 Å². The lowest BCUT2D eigenvalue weighted by molar-refractivity contribution is 0.763. The zero-order valence-corrected chi connectivity index (χ0v) is 19.4. The Morgan fingerprint density at radius 1 is 0.941 bits per heavy atom. The number of thioether (sulfide) groups is 1. The van der Waals surface area contributed by atoms with Crippen molar-refractivity contribution in [2.75, 3.05) is 4.90 Å². The predicted octanol–water partition coefficient (Wildman–Crippen LogP) is 7.19. The number of hydrogen-bond donors (Lipinski definition) is 0. The normalized spacial score (nSPS) is 22.5. The lowest BCUT2D eigenvalue weighted by Crippen LogP contribution is -2.41. The highest BCUT2D eigenvalue weighted by Crippen LogP contribution is 2.49. The minimum Gasteiger partial charge on any atom is -0.332 e. The number of rotatable bonds is 3. The maximum Gasteiger partial charge on any atom is 0.0999 e. The first-order chi connectivity index (χ1) is 16.8. The molecule has 2 heterocycles. The second-order valence-electron chi connectivity index (χ2n) is 8.63. The van der Waals surface area contributed by atoms with Gasteiger partial charge in [0.25, 0.3) is 0 Å². The monoisotopic (exact) mass is 457 g/mol. The molecule has 3 atom stereocenters. The summed E-state index contributed by atoms with van der Waals surface area (Å²) in [4.78, 5) is 8.08. The van der Waals surface area contributed by atoms with Crippen molar-refractivity contribution in [1.82, 2.24) is 4.98 Å². The quantitative estimate of drug-likeness (QED) is 0.417. The van der Waals surface area contributed by atoms with Crippen molar-refractivity contribution in [1.29, 1.82) is 5.26 Å². The second kappa shape index (κ2) is 8.85. The number of para-hydroxylation sites is 2. The van der Waals surface area contributed by atoms with Crippen LogP contribution in [0, 0.1) is 11.3 Å². The van der Waals surface area contributed by atoms with Crippen molar-refractivity contribution < 1.29 is 0 Å². The Kier molecular flexibility index (Phi) is 5.41. The lowest BCUT2D eigenvalue weighted by atomic mass is 9.86. The van der Waals surface area contributed by atoms with E-state index in [0.717, 1.165) is 17.6 Å². The van der Waals surface area contributed by atoms with Gasteiger partial charge >= 0.3 is 0 Å². The lowest BCUT2D eigenvalue weighted by Gasteiger charge is -2.43. The molecule has 2 aliphatic carbocycles. The molecule has 0 N–H and O–H groups in total. The largest absolute Gasteiger partial charge is 0.332 e. The van der Waals surface area contributed by atoms with Gasteiger partial charge in [-0.1, -0.05) is 72.9 Å². The first kappa shape index (κ1) is 20.8. The van der Waals surface area contributed by atoms with Gasteiger partial charge in [0.15, 0.2) is 0 Å². The number of benzene rings is 2. The Morgan fingerprint density at radius 2 is 1.76 bits per heavy atom. The Bertz CT molecular complexity index is 1410. The fourth-order valence-corrected chi connectivity index (χ4v) is 6.32. The predicted molar refractivity (Wildman–Crippen MR) is 140 cm³/mol. The highest BCUT2D eigenvalue weighted by atomic mass is 32.2. The van der Waals surface area contributed by atoms with Crippen molar-refractivity contribution >= 4 is 28.7 Å². The van der Waals surface area contributed by atoms with E-state index < -0.39 is 0 Å². The Morgan fingerprint density at radius 3 is 2.62 bits per heavy atom. The van der Waals surface area contributed by atoms with E-state index in [0.29, 0.717) is 10.8 Å². The molecule has 164 valence electrons. The van der Waals surface area contributed by atoms with Crippen molar-refractivity contribution in [3.05, 3.63) is 126 Å². The van der Waals surface area contributed by atoms with Crippen LogP contribution in [0.1, 0.15) is 29.0 Å². The minimum atomic E-state index is 0.269. The molecule has 0 saturated carbocycles. The number of nitriles is 1. The van der Waals surface area contributed by atoms with Crippen LogP contribution >= 0.6 is 11.8 Å². The molecule has 0 spiro atoms. The molecule has 0 bridgehead atoms. The topological polar surface area (TPSA) is 39.9 Å². The van der Waals surface area contributed by atoms with Gasteiger partial charge in [-0.25, -0.2) is 0 Å². The van der Waals surface area contributed by atoms with Crippen LogP contribution in [0.25, 0.3) is 5.57 Å². The van der Waals surface area contributed by atoms with Gasteiger partial charge in [-0.15, -0.1) is 11.8 Å². The smallest absolute Gasteiger partial charge is 0.0999 e. The van der Waals surface area contributed by atoms with Gasteiger partial charge < -0.3 is 4.90 Å². The summed E-state index contributed by atoms with van der Waals surface area (Å²) < 4.78 is 0. The Balaban J connectivity index is 1.38. The molecule has 0 saturated heterocycles. The van der Waals surface area contributed by atoms with Gasteiger partial charge in [0.05, 0.1) is 28.6 Å². The number of pyridine rings is 1. The Labute approximate surface area is 204 Å². The van der Waals surface area contributed by atoms with Crippen molar-refractivity contribution in [2.24, 2.45) is 0 Å². The van der Waals surface area contributed by atoms with Gasteiger partial charge in [0.1, 0.15) is 0 Å². The van der Waals surface area contributed by atoms with Gasteiger partial charge in [-0.05, 0) is 41.8 Å². The van der Waals surface area contributed by atoms with Crippen molar-refractivity contribution in [2.45, 2.75) is 28.5 Å². The molecule has 0 amide bonds. The number of allylic oxidation sites excluding steroid dienone is 6. The fourth-order valence-electron chi connectivity index (χ4n) is 5.06. The molecule has 3 unspecified atom stereocenters. The van der Waals surface area contributed by atoms with E-state index in [1.54, 1.807) is 18.5 Å². The molecule has 1 aliphatic heterocycles. The van der Waals surface area contributed by atoms with E-state index in [1.165, 1.54) is 21.8 Å². The molecule has 0 fully saturated rings. The van der Waals surface area contributed by atoms with Crippen LogP contribution in [0.5, 0.6) is 0 Å². The van der Waals surface area contributed by atoms with Crippen LogP contribution < -0.4 is 4.90 Å². The summed E-state index contributed by atoms with van der Waals surface area (Å²) in [5.41, 5.74) is 6.48. The zero-order chi connectivity index (χ0) is 22.9. The second-order valence-corrected chi connectivity index (χ2v) is 9.85. The summed E-state index contributed by atoms with van der Waals surface area (Å²) in [6.07, 6.45) is 20.0. The maximum absolute atomic E-state index is 9.49. The molecular weight excluding hydrogens is 434 g/mol. The summed E-state index contributed by atoms with van der Waals surface area (Å²) in [5.74, 6) is 0.269. The third kappa shape index (κ3) is 3.59. The molecule has 3 aliphatic rings.